The van der Waals surface area contributed by atoms with E-state index in [1.54, 1.807) is 7.11 Å². The summed E-state index contributed by atoms with van der Waals surface area (Å²) in [6, 6.07) is 5.77. The molecule has 1 aromatic carbocycles. The highest BCUT2D eigenvalue weighted by Gasteiger charge is 2.07. The number of hydrogen-bond acceptors (Lipinski definition) is 3. The Balaban J connectivity index is 2.62. The fourth-order valence-electron chi connectivity index (χ4n) is 1.55. The van der Waals surface area contributed by atoms with Crippen LogP contribution in [-0.2, 0) is 11.3 Å². The SMILES string of the molecule is COc1ccc(COCCC(C)C)cc1C(N)=S. The molecule has 100 valence electrons. The normalized spacial score (nSPS) is 10.7. The summed E-state index contributed by atoms with van der Waals surface area (Å²) in [7, 11) is 1.61. The molecule has 0 fully saturated rings. The molecular formula is C14H21NO2S. The van der Waals surface area contributed by atoms with Crippen LogP contribution in [-0.4, -0.2) is 18.7 Å². The smallest absolute Gasteiger partial charge is 0.129 e. The summed E-state index contributed by atoms with van der Waals surface area (Å²) in [5.74, 6) is 1.36. The van der Waals surface area contributed by atoms with Crippen molar-refractivity contribution in [2.75, 3.05) is 13.7 Å². The number of benzene rings is 1. The van der Waals surface area contributed by atoms with E-state index in [4.69, 9.17) is 27.4 Å². The Labute approximate surface area is 114 Å². The molecule has 3 nitrogen and oxygen atoms in total. The van der Waals surface area contributed by atoms with Crippen molar-refractivity contribution in [3.63, 3.8) is 0 Å². The van der Waals surface area contributed by atoms with Crippen LogP contribution in [0.15, 0.2) is 18.2 Å². The van der Waals surface area contributed by atoms with Crippen molar-refractivity contribution < 1.29 is 9.47 Å². The van der Waals surface area contributed by atoms with Gasteiger partial charge < -0.3 is 15.2 Å². The lowest BCUT2D eigenvalue weighted by Gasteiger charge is -2.10. The van der Waals surface area contributed by atoms with Gasteiger partial charge in [-0.25, -0.2) is 0 Å². The van der Waals surface area contributed by atoms with Crippen molar-refractivity contribution in [3.8, 4) is 5.75 Å². The fourth-order valence-corrected chi connectivity index (χ4v) is 1.71. The molecule has 0 aromatic heterocycles. The van der Waals surface area contributed by atoms with Crippen molar-refractivity contribution in [1.82, 2.24) is 0 Å². The van der Waals surface area contributed by atoms with Gasteiger partial charge in [0.15, 0.2) is 0 Å². The second-order valence-corrected chi connectivity index (χ2v) is 5.07. The number of methoxy groups -OCH3 is 1. The van der Waals surface area contributed by atoms with E-state index in [-0.39, 0.29) is 0 Å². The van der Waals surface area contributed by atoms with Gasteiger partial charge in [0.25, 0.3) is 0 Å². The van der Waals surface area contributed by atoms with Gasteiger partial charge in [-0.1, -0.05) is 32.1 Å². The maximum Gasteiger partial charge on any atom is 0.129 e. The monoisotopic (exact) mass is 267 g/mol. The topological polar surface area (TPSA) is 44.5 Å². The third-order valence-corrected chi connectivity index (χ3v) is 2.86. The molecule has 0 saturated carbocycles. The van der Waals surface area contributed by atoms with E-state index < -0.39 is 0 Å². The zero-order valence-electron chi connectivity index (χ0n) is 11.2. The Hall–Kier alpha value is -1.13. The first-order valence-electron chi connectivity index (χ1n) is 6.09. The van der Waals surface area contributed by atoms with Crippen LogP contribution in [0.3, 0.4) is 0 Å². The molecule has 0 aliphatic heterocycles. The number of hydrogen-bond donors (Lipinski definition) is 1. The number of ether oxygens (including phenoxy) is 2. The van der Waals surface area contributed by atoms with Gasteiger partial charge in [0.05, 0.1) is 19.3 Å². The van der Waals surface area contributed by atoms with Crippen LogP contribution in [0.2, 0.25) is 0 Å². The van der Waals surface area contributed by atoms with Gasteiger partial charge in [-0.3, -0.25) is 0 Å². The first-order chi connectivity index (χ1) is 8.54. The maximum atomic E-state index is 5.66. The molecule has 0 heterocycles. The van der Waals surface area contributed by atoms with Gasteiger partial charge in [0.1, 0.15) is 10.7 Å². The van der Waals surface area contributed by atoms with E-state index in [0.717, 1.165) is 24.2 Å². The summed E-state index contributed by atoms with van der Waals surface area (Å²) < 4.78 is 10.8. The van der Waals surface area contributed by atoms with Crippen molar-refractivity contribution in [3.05, 3.63) is 29.3 Å². The third kappa shape index (κ3) is 4.63. The molecule has 0 saturated heterocycles. The summed E-state index contributed by atoms with van der Waals surface area (Å²) in [5.41, 5.74) is 7.48. The Bertz CT molecular complexity index is 405. The van der Waals surface area contributed by atoms with Crippen LogP contribution in [0.4, 0.5) is 0 Å². The van der Waals surface area contributed by atoms with Crippen LogP contribution in [0, 0.1) is 5.92 Å². The molecule has 0 aliphatic rings. The summed E-state index contributed by atoms with van der Waals surface area (Å²) >= 11 is 5.00. The fraction of sp³-hybridized carbons (Fsp3) is 0.500. The highest BCUT2D eigenvalue weighted by atomic mass is 32.1. The minimum Gasteiger partial charge on any atom is -0.496 e. The average Bonchev–Trinajstić information content (AvgIpc) is 2.34. The van der Waals surface area contributed by atoms with Crippen molar-refractivity contribution >= 4 is 17.2 Å². The third-order valence-electron chi connectivity index (χ3n) is 2.64. The van der Waals surface area contributed by atoms with Crippen molar-refractivity contribution in [2.45, 2.75) is 26.9 Å². The largest absolute Gasteiger partial charge is 0.496 e. The predicted molar refractivity (Wildman–Crippen MR) is 78.0 cm³/mol. The van der Waals surface area contributed by atoms with Crippen molar-refractivity contribution in [1.29, 1.82) is 0 Å². The standard InChI is InChI=1S/C14H21NO2S/c1-10(2)6-7-17-9-11-4-5-13(16-3)12(8-11)14(15)18/h4-5,8,10H,6-7,9H2,1-3H3,(H2,15,18). The van der Waals surface area contributed by atoms with E-state index in [1.165, 1.54) is 0 Å². The van der Waals surface area contributed by atoms with Crippen LogP contribution >= 0.6 is 12.2 Å². The summed E-state index contributed by atoms with van der Waals surface area (Å²) in [5, 5.41) is 0. The Kier molecular flexibility index (Phi) is 6.09. The first-order valence-corrected chi connectivity index (χ1v) is 6.50. The Morgan fingerprint density at radius 3 is 2.67 bits per heavy atom. The molecule has 1 rings (SSSR count). The molecule has 0 radical (unpaired) electrons. The van der Waals surface area contributed by atoms with Gasteiger partial charge in [-0.05, 0) is 30.0 Å². The zero-order valence-corrected chi connectivity index (χ0v) is 12.0. The summed E-state index contributed by atoms with van der Waals surface area (Å²) in [6.45, 7) is 5.71. The van der Waals surface area contributed by atoms with Gasteiger partial charge in [0.2, 0.25) is 0 Å². The van der Waals surface area contributed by atoms with Crippen LogP contribution < -0.4 is 10.5 Å². The molecule has 0 amide bonds. The number of nitrogens with two attached hydrogens (primary N) is 1. The highest BCUT2D eigenvalue weighted by molar-refractivity contribution is 7.80. The lowest BCUT2D eigenvalue weighted by atomic mass is 10.1. The van der Waals surface area contributed by atoms with Crippen LogP contribution in [0.5, 0.6) is 5.75 Å². The van der Waals surface area contributed by atoms with E-state index >= 15 is 0 Å². The van der Waals surface area contributed by atoms with Gasteiger partial charge >= 0.3 is 0 Å². The van der Waals surface area contributed by atoms with E-state index in [0.29, 0.717) is 23.3 Å². The Morgan fingerprint density at radius 1 is 1.39 bits per heavy atom. The molecule has 18 heavy (non-hydrogen) atoms. The quantitative estimate of drug-likeness (QED) is 0.609. The maximum absolute atomic E-state index is 5.66. The average molecular weight is 267 g/mol. The van der Waals surface area contributed by atoms with Crippen molar-refractivity contribution in [2.24, 2.45) is 11.7 Å². The molecule has 0 aliphatic carbocycles. The number of rotatable bonds is 7. The predicted octanol–water partition coefficient (Wildman–Crippen LogP) is 2.89. The molecule has 0 atom stereocenters. The minimum atomic E-state index is 0.343. The lowest BCUT2D eigenvalue weighted by molar-refractivity contribution is 0.110. The molecule has 2 N–H and O–H groups in total. The lowest BCUT2D eigenvalue weighted by Crippen LogP contribution is -2.11. The molecule has 4 heteroatoms. The molecule has 1 aromatic rings. The number of thiocarbonyl (C=S) groups is 1. The van der Waals surface area contributed by atoms with Crippen LogP contribution in [0.25, 0.3) is 0 Å². The zero-order chi connectivity index (χ0) is 13.5. The summed E-state index contributed by atoms with van der Waals surface area (Å²) in [6.07, 6.45) is 1.07. The summed E-state index contributed by atoms with van der Waals surface area (Å²) in [4.78, 5) is 0.343. The molecular weight excluding hydrogens is 246 g/mol. The van der Waals surface area contributed by atoms with E-state index in [2.05, 4.69) is 13.8 Å². The van der Waals surface area contributed by atoms with Crippen LogP contribution in [0.1, 0.15) is 31.4 Å². The van der Waals surface area contributed by atoms with E-state index in [9.17, 15) is 0 Å². The highest BCUT2D eigenvalue weighted by Crippen LogP contribution is 2.20. The molecule has 0 unspecified atom stereocenters. The van der Waals surface area contributed by atoms with Gasteiger partial charge in [-0.2, -0.15) is 0 Å². The van der Waals surface area contributed by atoms with Gasteiger partial charge in [-0.15, -0.1) is 0 Å². The second kappa shape index (κ2) is 7.34. The Morgan fingerprint density at radius 2 is 2.11 bits per heavy atom. The van der Waals surface area contributed by atoms with Gasteiger partial charge in [0, 0.05) is 6.61 Å². The minimum absolute atomic E-state index is 0.343. The molecule has 0 spiro atoms. The molecule has 0 bridgehead atoms. The first kappa shape index (κ1) is 14.9. The second-order valence-electron chi connectivity index (χ2n) is 4.63. The van der Waals surface area contributed by atoms with E-state index in [1.807, 2.05) is 18.2 Å².